The van der Waals surface area contributed by atoms with Crippen LogP contribution in [0.1, 0.15) is 17.9 Å². The lowest BCUT2D eigenvalue weighted by atomic mass is 9.97. The average molecular weight is 494 g/mol. The Morgan fingerprint density at radius 1 is 1.06 bits per heavy atom. The van der Waals surface area contributed by atoms with E-state index >= 15 is 4.39 Å². The number of hydrogen-bond acceptors (Lipinski definition) is 6. The van der Waals surface area contributed by atoms with E-state index in [4.69, 9.17) is 21.1 Å². The van der Waals surface area contributed by atoms with Gasteiger partial charge < -0.3 is 14.8 Å². The summed E-state index contributed by atoms with van der Waals surface area (Å²) in [6.45, 7) is 0. The third-order valence-corrected chi connectivity index (χ3v) is 6.34. The number of carbonyl (C=O) groups is 1. The van der Waals surface area contributed by atoms with Crippen LogP contribution >= 0.6 is 11.6 Å². The molecule has 0 bridgehead atoms. The molecule has 0 radical (unpaired) electrons. The van der Waals surface area contributed by atoms with E-state index in [-0.39, 0.29) is 23.4 Å². The lowest BCUT2D eigenvalue weighted by molar-refractivity contribution is -0.117. The fourth-order valence-corrected chi connectivity index (χ4v) is 4.30. The standard InChI is InChI=1S/C25H21ClFN5O3/c1-34-22-8-5-14(9-23(22)35-2)17-11-20(27)21(12-18(17)24-29-31-32-30-24)28-25(33)19-10-16(19)13-3-6-15(26)7-4-13/h3-9,11-12,16,19H,10H2,1-2H3,(H,28,33)(H,29,30,31,32)/t16-,19+/m0/s1. The number of aromatic amines is 1. The van der Waals surface area contributed by atoms with E-state index < -0.39 is 5.82 Å². The first-order valence-corrected chi connectivity index (χ1v) is 11.2. The summed E-state index contributed by atoms with van der Waals surface area (Å²) in [5.41, 5.74) is 2.78. The smallest absolute Gasteiger partial charge is 0.228 e. The molecule has 10 heteroatoms. The largest absolute Gasteiger partial charge is 0.493 e. The summed E-state index contributed by atoms with van der Waals surface area (Å²) in [6.07, 6.45) is 0.692. The van der Waals surface area contributed by atoms with E-state index in [1.807, 2.05) is 12.1 Å². The van der Waals surface area contributed by atoms with Gasteiger partial charge in [-0.15, -0.1) is 5.10 Å². The van der Waals surface area contributed by atoms with Crippen LogP contribution in [0.2, 0.25) is 5.02 Å². The number of hydrogen-bond donors (Lipinski definition) is 2. The third-order valence-electron chi connectivity index (χ3n) is 6.09. The number of aromatic nitrogens is 4. The van der Waals surface area contributed by atoms with Gasteiger partial charge in [-0.3, -0.25) is 4.79 Å². The molecule has 0 unspecified atom stereocenters. The van der Waals surface area contributed by atoms with Gasteiger partial charge in [0.15, 0.2) is 17.3 Å². The summed E-state index contributed by atoms with van der Waals surface area (Å²) >= 11 is 5.96. The van der Waals surface area contributed by atoms with Crippen LogP contribution in [-0.2, 0) is 4.79 Å². The van der Waals surface area contributed by atoms with Crippen molar-refractivity contribution in [2.24, 2.45) is 5.92 Å². The first-order valence-electron chi connectivity index (χ1n) is 10.8. The van der Waals surface area contributed by atoms with Gasteiger partial charge in [-0.25, -0.2) is 9.49 Å². The quantitative estimate of drug-likeness (QED) is 0.372. The number of H-pyrrole nitrogens is 1. The first kappa shape index (κ1) is 22.8. The number of methoxy groups -OCH3 is 2. The minimum Gasteiger partial charge on any atom is -0.493 e. The number of nitrogens with one attached hydrogen (secondary N) is 2. The Bertz CT molecular complexity index is 1380. The number of carbonyl (C=O) groups excluding carboxylic acids is 1. The van der Waals surface area contributed by atoms with Gasteiger partial charge in [-0.05, 0) is 75.9 Å². The second-order valence-electron chi connectivity index (χ2n) is 8.19. The molecule has 5 rings (SSSR count). The van der Waals surface area contributed by atoms with Crippen molar-refractivity contribution in [1.82, 2.24) is 20.6 Å². The van der Waals surface area contributed by atoms with Crippen molar-refractivity contribution in [3.63, 3.8) is 0 Å². The molecule has 8 nitrogen and oxygen atoms in total. The second kappa shape index (κ2) is 9.34. The highest BCUT2D eigenvalue weighted by Crippen LogP contribution is 2.48. The molecule has 1 heterocycles. The van der Waals surface area contributed by atoms with Gasteiger partial charge >= 0.3 is 0 Å². The molecule has 0 saturated heterocycles. The first-order chi connectivity index (χ1) is 17.0. The highest BCUT2D eigenvalue weighted by atomic mass is 35.5. The molecule has 35 heavy (non-hydrogen) atoms. The monoisotopic (exact) mass is 493 g/mol. The summed E-state index contributed by atoms with van der Waals surface area (Å²) in [5, 5.41) is 17.4. The lowest BCUT2D eigenvalue weighted by Crippen LogP contribution is -2.16. The normalized spacial score (nSPS) is 16.6. The topological polar surface area (TPSA) is 102 Å². The Morgan fingerprint density at radius 2 is 1.83 bits per heavy atom. The summed E-state index contributed by atoms with van der Waals surface area (Å²) in [7, 11) is 3.06. The van der Waals surface area contributed by atoms with Crippen molar-refractivity contribution in [2.75, 3.05) is 19.5 Å². The number of tetrazole rings is 1. The minimum absolute atomic E-state index is 0.0485. The van der Waals surface area contributed by atoms with Crippen molar-refractivity contribution in [3.05, 3.63) is 71.0 Å². The molecule has 1 saturated carbocycles. The van der Waals surface area contributed by atoms with Gasteiger partial charge in [-0.2, -0.15) is 0 Å². The van der Waals surface area contributed by atoms with Gasteiger partial charge in [0.25, 0.3) is 0 Å². The maximum Gasteiger partial charge on any atom is 0.228 e. The van der Waals surface area contributed by atoms with E-state index in [2.05, 4.69) is 25.9 Å². The van der Waals surface area contributed by atoms with Gasteiger partial charge in [0.2, 0.25) is 5.91 Å². The van der Waals surface area contributed by atoms with E-state index in [9.17, 15) is 4.79 Å². The van der Waals surface area contributed by atoms with Crippen LogP contribution in [-0.4, -0.2) is 40.8 Å². The molecule has 1 aliphatic rings. The molecular weight excluding hydrogens is 473 g/mol. The molecule has 0 aliphatic heterocycles. The molecule has 2 N–H and O–H groups in total. The minimum atomic E-state index is -0.581. The highest BCUT2D eigenvalue weighted by Gasteiger charge is 2.44. The Hall–Kier alpha value is -3.98. The van der Waals surface area contributed by atoms with E-state index in [0.717, 1.165) is 5.56 Å². The fraction of sp³-hybridized carbons (Fsp3) is 0.200. The predicted octanol–water partition coefficient (Wildman–Crippen LogP) is 5.09. The summed E-state index contributed by atoms with van der Waals surface area (Å²) in [4.78, 5) is 12.9. The average Bonchev–Trinajstić information content (AvgIpc) is 3.49. The van der Waals surface area contributed by atoms with Gasteiger partial charge in [-0.1, -0.05) is 29.8 Å². The van der Waals surface area contributed by atoms with Crippen molar-refractivity contribution >= 4 is 23.2 Å². The molecular formula is C25H21ClFN5O3. The molecule has 1 aromatic heterocycles. The van der Waals surface area contributed by atoms with Gasteiger partial charge in [0.05, 0.1) is 19.9 Å². The van der Waals surface area contributed by atoms with E-state index in [1.54, 1.807) is 30.3 Å². The Kier molecular flexibility index (Phi) is 6.08. The van der Waals surface area contributed by atoms with Crippen LogP contribution in [0, 0.1) is 11.7 Å². The fourth-order valence-electron chi connectivity index (χ4n) is 4.17. The third kappa shape index (κ3) is 4.54. The van der Waals surface area contributed by atoms with Crippen LogP contribution in [0.15, 0.2) is 54.6 Å². The molecule has 1 aliphatic carbocycles. The molecule has 1 fully saturated rings. The number of ether oxygens (including phenoxy) is 2. The van der Waals surface area contributed by atoms with E-state index in [1.165, 1.54) is 26.4 Å². The number of rotatable bonds is 7. The number of nitrogens with zero attached hydrogens (tertiary/aromatic N) is 3. The number of halogens is 2. The predicted molar refractivity (Wildman–Crippen MR) is 129 cm³/mol. The van der Waals surface area contributed by atoms with Crippen LogP contribution < -0.4 is 14.8 Å². The van der Waals surface area contributed by atoms with Crippen LogP contribution in [0.3, 0.4) is 0 Å². The molecule has 1 amide bonds. The SMILES string of the molecule is COc1ccc(-c2cc(F)c(NC(=O)[C@@H]3C[C@H]3c3ccc(Cl)cc3)cc2-c2nnn[nH]2)cc1OC. The Balaban J connectivity index is 1.46. The Morgan fingerprint density at radius 3 is 2.51 bits per heavy atom. The van der Waals surface area contributed by atoms with Crippen LogP contribution in [0.5, 0.6) is 11.5 Å². The zero-order valence-electron chi connectivity index (χ0n) is 18.9. The van der Waals surface area contributed by atoms with Crippen molar-refractivity contribution in [3.8, 4) is 34.0 Å². The number of anilines is 1. The van der Waals surface area contributed by atoms with Crippen molar-refractivity contribution in [2.45, 2.75) is 12.3 Å². The molecule has 178 valence electrons. The zero-order valence-corrected chi connectivity index (χ0v) is 19.6. The van der Waals surface area contributed by atoms with Crippen LogP contribution in [0.25, 0.3) is 22.5 Å². The van der Waals surface area contributed by atoms with Crippen molar-refractivity contribution < 1.29 is 18.7 Å². The molecule has 0 spiro atoms. The van der Waals surface area contributed by atoms with Crippen molar-refractivity contribution in [1.29, 1.82) is 0 Å². The zero-order chi connectivity index (χ0) is 24.5. The van der Waals surface area contributed by atoms with E-state index in [0.29, 0.717) is 45.5 Å². The number of benzene rings is 3. The highest BCUT2D eigenvalue weighted by molar-refractivity contribution is 6.30. The summed E-state index contributed by atoms with van der Waals surface area (Å²) in [6, 6.07) is 15.5. The molecule has 4 aromatic rings. The number of amides is 1. The Labute approximate surface area is 205 Å². The van der Waals surface area contributed by atoms with Crippen LogP contribution in [0.4, 0.5) is 10.1 Å². The molecule has 2 atom stereocenters. The summed E-state index contributed by atoms with van der Waals surface area (Å²) < 4.78 is 25.9. The lowest BCUT2D eigenvalue weighted by Gasteiger charge is -2.14. The molecule has 3 aromatic carbocycles. The maximum atomic E-state index is 15.2. The second-order valence-corrected chi connectivity index (χ2v) is 8.62. The summed E-state index contributed by atoms with van der Waals surface area (Å²) in [5.74, 6) is 0.383. The van der Waals surface area contributed by atoms with Gasteiger partial charge in [0, 0.05) is 16.5 Å². The van der Waals surface area contributed by atoms with Gasteiger partial charge in [0.1, 0.15) is 5.82 Å². The maximum absolute atomic E-state index is 15.2.